The summed E-state index contributed by atoms with van der Waals surface area (Å²) in [5.74, 6) is 2.57. The molecule has 3 nitrogen and oxygen atoms in total. The predicted molar refractivity (Wildman–Crippen MR) is 71.9 cm³/mol. The number of hydrogen-bond donors (Lipinski definition) is 1. The van der Waals surface area contributed by atoms with Gasteiger partial charge >= 0.3 is 0 Å². The van der Waals surface area contributed by atoms with E-state index in [0.29, 0.717) is 6.04 Å². The fourth-order valence-corrected chi connectivity index (χ4v) is 2.39. The van der Waals surface area contributed by atoms with Crippen molar-refractivity contribution in [2.45, 2.75) is 32.4 Å². The normalized spacial score (nSPS) is 24.2. The maximum Gasteiger partial charge on any atom is 0.176 e. The van der Waals surface area contributed by atoms with Crippen molar-refractivity contribution in [3.63, 3.8) is 0 Å². The number of methoxy groups -OCH3 is 1. The third-order valence-corrected chi connectivity index (χ3v) is 3.75. The van der Waals surface area contributed by atoms with Crippen molar-refractivity contribution < 1.29 is 9.15 Å². The molecule has 1 heterocycles. The molecule has 2 aromatic rings. The first-order valence-corrected chi connectivity index (χ1v) is 6.51. The van der Waals surface area contributed by atoms with Crippen LogP contribution in [0, 0.1) is 5.92 Å². The minimum absolute atomic E-state index is 0.247. The van der Waals surface area contributed by atoms with Crippen LogP contribution in [0.3, 0.4) is 0 Å². The summed E-state index contributed by atoms with van der Waals surface area (Å²) in [4.78, 5) is 0. The average molecular weight is 245 g/mol. The van der Waals surface area contributed by atoms with Crippen molar-refractivity contribution in [1.82, 2.24) is 5.32 Å². The number of furan rings is 1. The topological polar surface area (TPSA) is 34.4 Å². The van der Waals surface area contributed by atoms with Gasteiger partial charge in [-0.25, -0.2) is 0 Å². The maximum atomic E-state index is 5.93. The molecule has 1 fully saturated rings. The fraction of sp³-hybridized carbons (Fsp3) is 0.467. The van der Waals surface area contributed by atoms with Crippen molar-refractivity contribution in [1.29, 1.82) is 0 Å². The number of ether oxygens (including phenoxy) is 1. The smallest absolute Gasteiger partial charge is 0.176 e. The number of fused-ring (bicyclic) bond motifs is 1. The molecule has 1 aromatic carbocycles. The highest BCUT2D eigenvalue weighted by Crippen LogP contribution is 2.34. The molecule has 0 bridgehead atoms. The Labute approximate surface area is 107 Å². The highest BCUT2D eigenvalue weighted by molar-refractivity contribution is 5.83. The summed E-state index contributed by atoms with van der Waals surface area (Å²) in [5, 5.41) is 4.68. The van der Waals surface area contributed by atoms with Gasteiger partial charge in [-0.15, -0.1) is 0 Å². The average Bonchev–Trinajstić information content (AvgIpc) is 2.91. The second kappa shape index (κ2) is 4.32. The molecule has 1 saturated carbocycles. The van der Waals surface area contributed by atoms with Crippen LogP contribution in [0.2, 0.25) is 0 Å². The molecular weight excluding hydrogens is 226 g/mol. The van der Waals surface area contributed by atoms with Crippen molar-refractivity contribution >= 4 is 11.0 Å². The second-order valence-electron chi connectivity index (χ2n) is 5.24. The van der Waals surface area contributed by atoms with Crippen LogP contribution in [0.25, 0.3) is 11.0 Å². The third-order valence-electron chi connectivity index (χ3n) is 3.75. The summed E-state index contributed by atoms with van der Waals surface area (Å²) in [6.07, 6.45) is 1.27. The Morgan fingerprint density at radius 2 is 2.22 bits per heavy atom. The zero-order chi connectivity index (χ0) is 12.7. The first-order chi connectivity index (χ1) is 8.69. The van der Waals surface area contributed by atoms with E-state index in [1.165, 1.54) is 6.42 Å². The van der Waals surface area contributed by atoms with E-state index in [9.17, 15) is 0 Å². The number of para-hydroxylation sites is 1. The Balaban J connectivity index is 1.88. The van der Waals surface area contributed by atoms with E-state index in [1.54, 1.807) is 7.11 Å². The second-order valence-corrected chi connectivity index (χ2v) is 5.24. The zero-order valence-electron chi connectivity index (χ0n) is 11.1. The fourth-order valence-electron chi connectivity index (χ4n) is 2.39. The Morgan fingerprint density at radius 1 is 1.44 bits per heavy atom. The van der Waals surface area contributed by atoms with Crippen LogP contribution in [-0.2, 0) is 0 Å². The Hall–Kier alpha value is -1.48. The first kappa shape index (κ1) is 11.6. The molecule has 0 amide bonds. The van der Waals surface area contributed by atoms with Gasteiger partial charge in [0, 0.05) is 11.4 Å². The molecule has 3 heteroatoms. The summed E-state index contributed by atoms with van der Waals surface area (Å²) < 4.78 is 11.2. The lowest BCUT2D eigenvalue weighted by Crippen LogP contribution is -2.21. The van der Waals surface area contributed by atoms with E-state index in [1.807, 2.05) is 12.1 Å². The van der Waals surface area contributed by atoms with Gasteiger partial charge in [0.05, 0.1) is 13.2 Å². The van der Waals surface area contributed by atoms with E-state index < -0.39 is 0 Å². The van der Waals surface area contributed by atoms with Crippen LogP contribution in [0.5, 0.6) is 5.75 Å². The van der Waals surface area contributed by atoms with Gasteiger partial charge in [-0.2, -0.15) is 0 Å². The summed E-state index contributed by atoms with van der Waals surface area (Å²) >= 11 is 0. The molecule has 3 atom stereocenters. The van der Waals surface area contributed by atoms with Gasteiger partial charge in [0.15, 0.2) is 11.3 Å². The largest absolute Gasteiger partial charge is 0.493 e. The molecule has 1 aliphatic carbocycles. The SMILES string of the molecule is COc1cccc2cc(C(C)NC3CC3C)oc12. The highest BCUT2D eigenvalue weighted by Gasteiger charge is 2.34. The lowest BCUT2D eigenvalue weighted by atomic mass is 10.2. The molecule has 1 aromatic heterocycles. The van der Waals surface area contributed by atoms with E-state index >= 15 is 0 Å². The predicted octanol–water partition coefficient (Wildman–Crippen LogP) is 3.50. The minimum atomic E-state index is 0.247. The van der Waals surface area contributed by atoms with E-state index in [0.717, 1.165) is 28.4 Å². The maximum absolute atomic E-state index is 5.93. The van der Waals surface area contributed by atoms with Gasteiger partial charge in [0.25, 0.3) is 0 Å². The quantitative estimate of drug-likeness (QED) is 0.895. The van der Waals surface area contributed by atoms with E-state index in [4.69, 9.17) is 9.15 Å². The standard InChI is InChI=1S/C15H19NO2/c1-9-7-12(9)16-10(2)14-8-11-5-4-6-13(17-3)15(11)18-14/h4-6,8-10,12,16H,7H2,1-3H3. The van der Waals surface area contributed by atoms with Crippen LogP contribution in [0.1, 0.15) is 32.1 Å². The van der Waals surface area contributed by atoms with Crippen LogP contribution in [-0.4, -0.2) is 13.2 Å². The molecule has 18 heavy (non-hydrogen) atoms. The lowest BCUT2D eigenvalue weighted by molar-refractivity contribution is 0.398. The Kier molecular flexibility index (Phi) is 2.78. The van der Waals surface area contributed by atoms with E-state index in [-0.39, 0.29) is 6.04 Å². The molecule has 96 valence electrons. The van der Waals surface area contributed by atoms with Crippen molar-refractivity contribution in [2.75, 3.05) is 7.11 Å². The zero-order valence-corrected chi connectivity index (χ0v) is 11.1. The van der Waals surface area contributed by atoms with Gasteiger partial charge in [-0.1, -0.05) is 19.1 Å². The number of hydrogen-bond acceptors (Lipinski definition) is 3. The molecule has 0 spiro atoms. The first-order valence-electron chi connectivity index (χ1n) is 6.51. The van der Waals surface area contributed by atoms with Crippen molar-refractivity contribution in [2.24, 2.45) is 5.92 Å². The molecule has 3 unspecified atom stereocenters. The van der Waals surface area contributed by atoms with Gasteiger partial charge in [-0.3, -0.25) is 0 Å². The third kappa shape index (κ3) is 1.99. The molecule has 1 N–H and O–H groups in total. The summed E-state index contributed by atoms with van der Waals surface area (Å²) in [7, 11) is 1.67. The van der Waals surface area contributed by atoms with Crippen LogP contribution >= 0.6 is 0 Å². The lowest BCUT2D eigenvalue weighted by Gasteiger charge is -2.10. The summed E-state index contributed by atoms with van der Waals surface area (Å²) in [6.45, 7) is 4.42. The van der Waals surface area contributed by atoms with E-state index in [2.05, 4.69) is 31.3 Å². The molecule has 3 rings (SSSR count). The van der Waals surface area contributed by atoms with Gasteiger partial charge in [0.1, 0.15) is 5.76 Å². The molecule has 0 saturated heterocycles. The Morgan fingerprint density at radius 3 is 2.89 bits per heavy atom. The van der Waals surface area contributed by atoms with Crippen LogP contribution < -0.4 is 10.1 Å². The Bertz CT molecular complexity index is 561. The van der Waals surface area contributed by atoms with Gasteiger partial charge < -0.3 is 14.5 Å². The summed E-state index contributed by atoms with van der Waals surface area (Å²) in [5.41, 5.74) is 0.840. The van der Waals surface area contributed by atoms with Crippen LogP contribution in [0.15, 0.2) is 28.7 Å². The number of benzene rings is 1. The van der Waals surface area contributed by atoms with Crippen molar-refractivity contribution in [3.05, 3.63) is 30.0 Å². The van der Waals surface area contributed by atoms with Crippen molar-refractivity contribution in [3.8, 4) is 5.75 Å². The number of rotatable bonds is 4. The molecule has 0 aliphatic heterocycles. The molecule has 0 radical (unpaired) electrons. The minimum Gasteiger partial charge on any atom is -0.493 e. The van der Waals surface area contributed by atoms with Crippen LogP contribution in [0.4, 0.5) is 0 Å². The molecular formula is C15H19NO2. The monoisotopic (exact) mass is 245 g/mol. The van der Waals surface area contributed by atoms with Gasteiger partial charge in [0.2, 0.25) is 0 Å². The number of nitrogens with one attached hydrogen (secondary N) is 1. The highest BCUT2D eigenvalue weighted by atomic mass is 16.5. The summed E-state index contributed by atoms with van der Waals surface area (Å²) in [6, 6.07) is 8.96. The molecule has 1 aliphatic rings. The van der Waals surface area contributed by atoms with Gasteiger partial charge in [-0.05, 0) is 31.4 Å².